The number of ether oxygens (including phenoxy) is 2. The van der Waals surface area contributed by atoms with E-state index < -0.39 is 5.60 Å². The Kier molecular flexibility index (Phi) is 5.64. The number of nitrogens with zero attached hydrogens (tertiary/aromatic N) is 1. The van der Waals surface area contributed by atoms with Gasteiger partial charge >= 0.3 is 12.1 Å². The van der Waals surface area contributed by atoms with Crippen LogP contribution in [0.15, 0.2) is 30.3 Å². The molecular formula is C18H25NO4. The van der Waals surface area contributed by atoms with Gasteiger partial charge in [-0.15, -0.1) is 0 Å². The van der Waals surface area contributed by atoms with E-state index in [9.17, 15) is 9.59 Å². The van der Waals surface area contributed by atoms with Gasteiger partial charge in [0.25, 0.3) is 0 Å². The summed E-state index contributed by atoms with van der Waals surface area (Å²) in [5, 5.41) is 0. The first-order valence-corrected chi connectivity index (χ1v) is 8.03. The molecule has 1 saturated heterocycles. The molecule has 5 nitrogen and oxygen atoms in total. The summed E-state index contributed by atoms with van der Waals surface area (Å²) < 4.78 is 10.7. The van der Waals surface area contributed by atoms with Crippen LogP contribution in [0.4, 0.5) is 4.79 Å². The first-order chi connectivity index (χ1) is 10.8. The molecule has 0 aliphatic carbocycles. The molecule has 1 heterocycles. The number of carbonyl (C=O) groups excluding carboxylic acids is 2. The minimum absolute atomic E-state index is 0.238. The normalized spacial score (nSPS) is 18.4. The highest BCUT2D eigenvalue weighted by Crippen LogP contribution is 2.21. The molecule has 1 aromatic rings. The number of amides is 1. The molecule has 0 spiro atoms. The molecule has 0 aromatic heterocycles. The van der Waals surface area contributed by atoms with Gasteiger partial charge in [-0.2, -0.15) is 0 Å². The summed E-state index contributed by atoms with van der Waals surface area (Å²) >= 11 is 0. The van der Waals surface area contributed by atoms with Crippen LogP contribution in [0.1, 0.15) is 39.2 Å². The molecule has 1 fully saturated rings. The topological polar surface area (TPSA) is 55.8 Å². The molecule has 1 aliphatic heterocycles. The number of hydrogen-bond acceptors (Lipinski definition) is 4. The number of likely N-dealkylation sites (tertiary alicyclic amines) is 1. The summed E-state index contributed by atoms with van der Waals surface area (Å²) in [6, 6.07) is 9.55. The third kappa shape index (κ3) is 5.58. The van der Waals surface area contributed by atoms with E-state index in [0.717, 1.165) is 18.4 Å². The third-order valence-corrected chi connectivity index (χ3v) is 3.62. The molecule has 1 aliphatic rings. The predicted octanol–water partition coefficient (Wildman–Crippen LogP) is 3.38. The molecule has 0 bridgehead atoms. The highest BCUT2D eigenvalue weighted by molar-refractivity contribution is 5.75. The van der Waals surface area contributed by atoms with Gasteiger partial charge in [0.15, 0.2) is 0 Å². The molecule has 0 N–H and O–H groups in total. The Bertz CT molecular complexity index is 536. The predicted molar refractivity (Wildman–Crippen MR) is 86.8 cm³/mol. The fourth-order valence-electron chi connectivity index (χ4n) is 2.53. The molecule has 1 unspecified atom stereocenters. The smallest absolute Gasteiger partial charge is 0.410 e. The van der Waals surface area contributed by atoms with E-state index in [4.69, 9.17) is 9.47 Å². The van der Waals surface area contributed by atoms with E-state index in [1.165, 1.54) is 0 Å². The fraction of sp³-hybridized carbons (Fsp3) is 0.556. The van der Waals surface area contributed by atoms with Gasteiger partial charge in [0.05, 0.1) is 5.92 Å². The number of benzene rings is 1. The SMILES string of the molecule is CC(C)(C)OC(=O)C1CCCN(C(=O)OCc2ccccc2)C1. The average molecular weight is 319 g/mol. The Morgan fingerprint density at radius 2 is 1.91 bits per heavy atom. The van der Waals surface area contributed by atoms with Gasteiger partial charge in [-0.05, 0) is 39.2 Å². The lowest BCUT2D eigenvalue weighted by molar-refractivity contribution is -0.161. The highest BCUT2D eigenvalue weighted by Gasteiger charge is 2.32. The lowest BCUT2D eigenvalue weighted by Gasteiger charge is -2.32. The van der Waals surface area contributed by atoms with Crippen molar-refractivity contribution in [2.45, 2.75) is 45.8 Å². The Hall–Kier alpha value is -2.04. The lowest BCUT2D eigenvalue weighted by Crippen LogP contribution is -2.44. The minimum atomic E-state index is -0.507. The standard InChI is InChI=1S/C18H25NO4/c1-18(2,3)23-16(20)15-10-7-11-19(12-15)17(21)22-13-14-8-5-4-6-9-14/h4-6,8-9,15H,7,10-13H2,1-3H3. The largest absolute Gasteiger partial charge is 0.460 e. The van der Waals surface area contributed by atoms with Gasteiger partial charge in [-0.25, -0.2) is 4.79 Å². The zero-order valence-electron chi connectivity index (χ0n) is 14.1. The number of hydrogen-bond donors (Lipinski definition) is 0. The maximum Gasteiger partial charge on any atom is 0.410 e. The summed E-state index contributed by atoms with van der Waals surface area (Å²) in [7, 11) is 0. The van der Waals surface area contributed by atoms with Crippen molar-refractivity contribution in [1.82, 2.24) is 4.90 Å². The van der Waals surface area contributed by atoms with Gasteiger partial charge in [-0.1, -0.05) is 30.3 Å². The Balaban J connectivity index is 1.85. The van der Waals surface area contributed by atoms with Gasteiger partial charge in [-0.3, -0.25) is 4.79 Å². The van der Waals surface area contributed by atoms with Crippen LogP contribution in [0.5, 0.6) is 0 Å². The van der Waals surface area contributed by atoms with Crippen molar-refractivity contribution in [3.05, 3.63) is 35.9 Å². The molecule has 23 heavy (non-hydrogen) atoms. The lowest BCUT2D eigenvalue weighted by atomic mass is 9.98. The van der Waals surface area contributed by atoms with E-state index in [2.05, 4.69) is 0 Å². The molecule has 0 radical (unpaired) electrons. The summed E-state index contributed by atoms with van der Waals surface area (Å²) in [6.45, 7) is 6.77. The van der Waals surface area contributed by atoms with Gasteiger partial charge in [0.1, 0.15) is 12.2 Å². The van der Waals surface area contributed by atoms with E-state index >= 15 is 0 Å². The summed E-state index contributed by atoms with van der Waals surface area (Å²) in [4.78, 5) is 25.9. The first kappa shape index (κ1) is 17.3. The van der Waals surface area contributed by atoms with Crippen molar-refractivity contribution < 1.29 is 19.1 Å². The van der Waals surface area contributed by atoms with Crippen molar-refractivity contribution in [3.63, 3.8) is 0 Å². The van der Waals surface area contributed by atoms with Gasteiger partial charge < -0.3 is 14.4 Å². The number of rotatable bonds is 3. The first-order valence-electron chi connectivity index (χ1n) is 8.03. The fourth-order valence-corrected chi connectivity index (χ4v) is 2.53. The van der Waals surface area contributed by atoms with Crippen LogP contribution in [0.25, 0.3) is 0 Å². The van der Waals surface area contributed by atoms with Crippen LogP contribution in [-0.2, 0) is 20.9 Å². The molecule has 1 atom stereocenters. The second-order valence-electron chi connectivity index (χ2n) is 6.86. The molecule has 1 amide bonds. The van der Waals surface area contributed by atoms with E-state index in [0.29, 0.717) is 13.1 Å². The summed E-state index contributed by atoms with van der Waals surface area (Å²) in [5.41, 5.74) is 0.439. The van der Waals surface area contributed by atoms with Crippen molar-refractivity contribution in [2.24, 2.45) is 5.92 Å². The molecular weight excluding hydrogens is 294 g/mol. The van der Waals surface area contributed by atoms with Crippen molar-refractivity contribution in [3.8, 4) is 0 Å². The van der Waals surface area contributed by atoms with Crippen molar-refractivity contribution in [1.29, 1.82) is 0 Å². The zero-order valence-corrected chi connectivity index (χ0v) is 14.1. The summed E-state index contributed by atoms with van der Waals surface area (Å²) in [6.07, 6.45) is 1.16. The summed E-state index contributed by atoms with van der Waals surface area (Å²) in [5.74, 6) is -0.509. The third-order valence-electron chi connectivity index (χ3n) is 3.62. The van der Waals surface area contributed by atoms with Crippen LogP contribution in [0.3, 0.4) is 0 Å². The monoisotopic (exact) mass is 319 g/mol. The average Bonchev–Trinajstić information content (AvgIpc) is 2.52. The van der Waals surface area contributed by atoms with Crippen molar-refractivity contribution in [2.75, 3.05) is 13.1 Å². The van der Waals surface area contributed by atoms with Crippen LogP contribution in [0, 0.1) is 5.92 Å². The molecule has 0 saturated carbocycles. The maximum atomic E-state index is 12.2. The molecule has 126 valence electrons. The number of piperidine rings is 1. The van der Waals surface area contributed by atoms with E-state index in [1.54, 1.807) is 4.90 Å². The molecule has 1 aromatic carbocycles. The highest BCUT2D eigenvalue weighted by atomic mass is 16.6. The minimum Gasteiger partial charge on any atom is -0.460 e. The molecule has 5 heteroatoms. The quantitative estimate of drug-likeness (QED) is 0.802. The Labute approximate surface area is 137 Å². The van der Waals surface area contributed by atoms with Crippen LogP contribution in [-0.4, -0.2) is 35.7 Å². The van der Waals surface area contributed by atoms with Crippen molar-refractivity contribution >= 4 is 12.1 Å². The van der Waals surface area contributed by atoms with Crippen LogP contribution in [0.2, 0.25) is 0 Å². The Morgan fingerprint density at radius 3 is 2.57 bits per heavy atom. The van der Waals surface area contributed by atoms with Gasteiger partial charge in [0.2, 0.25) is 0 Å². The van der Waals surface area contributed by atoms with E-state index in [1.807, 2.05) is 51.1 Å². The van der Waals surface area contributed by atoms with Gasteiger partial charge in [0, 0.05) is 13.1 Å². The number of esters is 1. The van der Waals surface area contributed by atoms with E-state index in [-0.39, 0.29) is 24.6 Å². The van der Waals surface area contributed by atoms with Crippen LogP contribution < -0.4 is 0 Å². The molecule has 2 rings (SSSR count). The maximum absolute atomic E-state index is 12.2. The number of carbonyl (C=O) groups is 2. The Morgan fingerprint density at radius 1 is 1.22 bits per heavy atom. The zero-order chi connectivity index (χ0) is 16.9. The van der Waals surface area contributed by atoms with Crippen LogP contribution >= 0.6 is 0 Å². The second-order valence-corrected chi connectivity index (χ2v) is 6.86. The second kappa shape index (κ2) is 7.49.